The molecule has 33 heavy (non-hydrogen) atoms. The van der Waals surface area contributed by atoms with Gasteiger partial charge in [-0.15, -0.1) is 0 Å². The number of piperidine rings is 1. The third kappa shape index (κ3) is 7.35. The summed E-state index contributed by atoms with van der Waals surface area (Å²) in [6.07, 6.45) is -3.55. The second-order valence-corrected chi connectivity index (χ2v) is 8.81. The molecule has 1 aliphatic rings. The number of pyridine rings is 1. The summed E-state index contributed by atoms with van der Waals surface area (Å²) in [7, 11) is 0. The number of rotatable bonds is 7. The van der Waals surface area contributed by atoms with Gasteiger partial charge in [0.2, 0.25) is 0 Å². The van der Waals surface area contributed by atoms with Crippen LogP contribution in [0.15, 0.2) is 30.5 Å². The maximum atomic E-state index is 13.2. The van der Waals surface area contributed by atoms with Gasteiger partial charge in [0.1, 0.15) is 17.0 Å². The maximum absolute atomic E-state index is 13.2. The summed E-state index contributed by atoms with van der Waals surface area (Å²) in [5.74, 6) is -0.361. The molecule has 0 bridgehead atoms. The van der Waals surface area contributed by atoms with Crippen molar-refractivity contribution >= 4 is 40.7 Å². The molecule has 0 saturated carbocycles. The Morgan fingerprint density at radius 3 is 2.55 bits per heavy atom. The van der Waals surface area contributed by atoms with E-state index in [0.717, 1.165) is 6.20 Å². The van der Waals surface area contributed by atoms with Crippen LogP contribution in [-0.2, 0) is 6.18 Å². The van der Waals surface area contributed by atoms with E-state index in [-0.39, 0.29) is 24.3 Å². The van der Waals surface area contributed by atoms with E-state index in [9.17, 15) is 23.1 Å². The number of likely N-dealkylation sites (tertiary alicyclic amines) is 1. The highest BCUT2D eigenvalue weighted by atomic mass is 35.5. The van der Waals surface area contributed by atoms with Gasteiger partial charge in [0.05, 0.1) is 27.3 Å². The van der Waals surface area contributed by atoms with Gasteiger partial charge in [0, 0.05) is 38.4 Å². The van der Waals surface area contributed by atoms with Crippen LogP contribution in [0.1, 0.15) is 28.8 Å². The molecule has 3 rings (SSSR count). The molecule has 1 unspecified atom stereocenters. The second-order valence-electron chi connectivity index (χ2n) is 7.61. The average Bonchev–Trinajstić information content (AvgIpc) is 2.75. The van der Waals surface area contributed by atoms with Crippen molar-refractivity contribution in [3.63, 3.8) is 0 Å². The highest BCUT2D eigenvalue weighted by Crippen LogP contribution is 2.33. The van der Waals surface area contributed by atoms with Crippen molar-refractivity contribution in [1.82, 2.24) is 15.2 Å². The van der Waals surface area contributed by atoms with Gasteiger partial charge < -0.3 is 20.1 Å². The van der Waals surface area contributed by atoms with Gasteiger partial charge in [-0.25, -0.2) is 4.98 Å². The van der Waals surface area contributed by atoms with Crippen LogP contribution in [0.4, 0.5) is 13.2 Å². The van der Waals surface area contributed by atoms with Crippen LogP contribution < -0.4 is 10.1 Å². The normalized spacial score (nSPS) is 16.5. The van der Waals surface area contributed by atoms with Crippen molar-refractivity contribution in [2.75, 3.05) is 26.2 Å². The predicted octanol–water partition coefficient (Wildman–Crippen LogP) is 4.69. The Morgan fingerprint density at radius 2 is 1.91 bits per heavy atom. The Labute approximate surface area is 203 Å². The number of alkyl halides is 3. The molecule has 1 atom stereocenters. The Balaban J connectivity index is 1.45. The minimum Gasteiger partial charge on any atom is -0.490 e. The first-order valence-electron chi connectivity index (χ1n) is 10.1. The number of ether oxygens (including phenoxy) is 1. The summed E-state index contributed by atoms with van der Waals surface area (Å²) < 4.78 is 45.4. The van der Waals surface area contributed by atoms with Crippen molar-refractivity contribution in [3.8, 4) is 5.75 Å². The Hall–Kier alpha value is -1.78. The number of nitrogens with zero attached hydrogens (tertiary/aromatic N) is 2. The summed E-state index contributed by atoms with van der Waals surface area (Å²) in [6.45, 7) is 1.34. The van der Waals surface area contributed by atoms with Crippen LogP contribution in [0.5, 0.6) is 5.75 Å². The molecule has 2 aromatic rings. The quantitative estimate of drug-likeness (QED) is 0.512. The first-order chi connectivity index (χ1) is 15.5. The fraction of sp³-hybridized carbons (Fsp3) is 0.429. The lowest BCUT2D eigenvalue weighted by atomic mass is 10.1. The Bertz CT molecular complexity index is 986. The zero-order valence-corrected chi connectivity index (χ0v) is 19.5. The summed E-state index contributed by atoms with van der Waals surface area (Å²) >= 11 is 17.4. The molecule has 1 fully saturated rings. The van der Waals surface area contributed by atoms with E-state index in [1.54, 1.807) is 18.2 Å². The Kier molecular flexibility index (Phi) is 8.69. The molecule has 2 N–H and O–H groups in total. The van der Waals surface area contributed by atoms with E-state index in [1.165, 1.54) is 0 Å². The van der Waals surface area contributed by atoms with Crippen molar-refractivity contribution in [2.45, 2.75) is 31.2 Å². The van der Waals surface area contributed by atoms with Crippen molar-refractivity contribution in [2.24, 2.45) is 0 Å². The number of hydrogen-bond acceptors (Lipinski definition) is 5. The van der Waals surface area contributed by atoms with Crippen molar-refractivity contribution < 1.29 is 27.8 Å². The third-order valence-electron chi connectivity index (χ3n) is 5.12. The number of hydrogen-bond donors (Lipinski definition) is 2. The van der Waals surface area contributed by atoms with E-state index in [4.69, 9.17) is 39.5 Å². The molecule has 2 heterocycles. The van der Waals surface area contributed by atoms with Gasteiger partial charge in [-0.3, -0.25) is 4.79 Å². The van der Waals surface area contributed by atoms with E-state index in [0.29, 0.717) is 47.8 Å². The molecule has 1 aromatic heterocycles. The number of aliphatic hydroxyl groups is 1. The number of aromatic nitrogens is 1. The maximum Gasteiger partial charge on any atom is 0.417 e. The summed E-state index contributed by atoms with van der Waals surface area (Å²) in [4.78, 5) is 17.8. The molecular formula is C21H21Cl3F3N3O3. The van der Waals surface area contributed by atoms with Crippen LogP contribution in [-0.4, -0.2) is 59.3 Å². The molecule has 0 spiro atoms. The number of amides is 1. The van der Waals surface area contributed by atoms with Crippen molar-refractivity contribution in [1.29, 1.82) is 0 Å². The Morgan fingerprint density at radius 1 is 1.21 bits per heavy atom. The number of halogens is 6. The van der Waals surface area contributed by atoms with Crippen LogP contribution >= 0.6 is 34.8 Å². The fourth-order valence-corrected chi connectivity index (χ4v) is 3.91. The van der Waals surface area contributed by atoms with Crippen LogP contribution in [0.2, 0.25) is 15.2 Å². The van der Waals surface area contributed by atoms with Crippen molar-refractivity contribution in [3.05, 3.63) is 56.8 Å². The first-order valence-corrected chi connectivity index (χ1v) is 11.2. The SMILES string of the molecule is O=C(NCC(O)CN1CCC(Oc2ccc(Cl)c(Cl)c2)CC1)c1cnc(Cl)cc1C(F)(F)F. The first kappa shape index (κ1) is 25.8. The van der Waals surface area contributed by atoms with Gasteiger partial charge >= 0.3 is 6.18 Å². The molecule has 0 radical (unpaired) electrons. The van der Waals surface area contributed by atoms with Gasteiger partial charge in [0.25, 0.3) is 5.91 Å². The molecule has 6 nitrogen and oxygen atoms in total. The number of carbonyl (C=O) groups excluding carboxylic acids is 1. The highest BCUT2D eigenvalue weighted by Gasteiger charge is 2.36. The lowest BCUT2D eigenvalue weighted by Gasteiger charge is -2.33. The molecule has 12 heteroatoms. The molecule has 1 aromatic carbocycles. The van der Waals surface area contributed by atoms with E-state index >= 15 is 0 Å². The average molecular weight is 527 g/mol. The van der Waals surface area contributed by atoms with Crippen LogP contribution in [0.25, 0.3) is 0 Å². The van der Waals surface area contributed by atoms with Crippen LogP contribution in [0.3, 0.4) is 0 Å². The lowest BCUT2D eigenvalue weighted by Crippen LogP contribution is -2.45. The molecule has 0 aliphatic carbocycles. The summed E-state index contributed by atoms with van der Waals surface area (Å²) in [5.41, 5.74) is -1.84. The third-order valence-corrected chi connectivity index (χ3v) is 6.06. The van der Waals surface area contributed by atoms with Gasteiger partial charge in [-0.05, 0) is 31.0 Å². The molecule has 1 amide bonds. The topological polar surface area (TPSA) is 74.7 Å². The monoisotopic (exact) mass is 525 g/mol. The highest BCUT2D eigenvalue weighted by molar-refractivity contribution is 6.42. The number of nitrogens with one attached hydrogen (secondary N) is 1. The predicted molar refractivity (Wildman–Crippen MR) is 119 cm³/mol. The zero-order valence-electron chi connectivity index (χ0n) is 17.2. The fourth-order valence-electron chi connectivity index (χ4n) is 3.47. The van der Waals surface area contributed by atoms with Crippen LogP contribution in [0, 0.1) is 0 Å². The smallest absolute Gasteiger partial charge is 0.417 e. The number of β-amino-alcohol motifs (C(OH)–C–C–N with tert-alkyl or cyclic N) is 1. The number of carbonyl (C=O) groups is 1. The number of benzene rings is 1. The molecular weight excluding hydrogens is 506 g/mol. The van der Waals surface area contributed by atoms with Gasteiger partial charge in [-0.2, -0.15) is 13.2 Å². The number of aliphatic hydroxyl groups excluding tert-OH is 1. The molecule has 1 aliphatic heterocycles. The summed E-state index contributed by atoms with van der Waals surface area (Å²) in [6, 6.07) is 5.66. The van der Waals surface area contributed by atoms with E-state index in [1.807, 2.05) is 4.90 Å². The van der Waals surface area contributed by atoms with Gasteiger partial charge in [-0.1, -0.05) is 34.8 Å². The lowest BCUT2D eigenvalue weighted by molar-refractivity contribution is -0.138. The second kappa shape index (κ2) is 11.1. The minimum absolute atomic E-state index is 0.0199. The van der Waals surface area contributed by atoms with E-state index < -0.39 is 29.3 Å². The summed E-state index contributed by atoms with van der Waals surface area (Å²) in [5, 5.41) is 13.1. The molecule has 1 saturated heterocycles. The minimum atomic E-state index is -4.76. The van der Waals surface area contributed by atoms with Gasteiger partial charge in [0.15, 0.2) is 0 Å². The standard InChI is InChI=1S/C21H21Cl3F3N3O3/c22-17-2-1-14(7-18(17)23)33-13-3-5-30(6-4-13)11-12(31)9-29-20(32)15-10-28-19(24)8-16(15)21(25,26)27/h1-2,7-8,10,12-13,31H,3-6,9,11H2,(H,29,32). The zero-order chi connectivity index (χ0) is 24.2. The molecule has 180 valence electrons. The largest absolute Gasteiger partial charge is 0.490 e. The van der Waals surface area contributed by atoms with E-state index in [2.05, 4.69) is 10.3 Å².